The standard InChI is InChI=1S/C16H23Cl2N3O2S/c17-13-9-11(15(18)24-13)3-1-5-14(22)21-8-2-4-12(10-21)16(23)20-7-6-19/h9,12H,1-8,10,19H2,(H,20,23). The number of halogens is 2. The molecule has 0 aliphatic carbocycles. The van der Waals surface area contributed by atoms with E-state index in [-0.39, 0.29) is 17.7 Å². The fourth-order valence-corrected chi connectivity index (χ4v) is 4.43. The second-order valence-corrected chi connectivity index (χ2v) is 8.25. The lowest BCUT2D eigenvalue weighted by molar-refractivity contribution is -0.135. The highest BCUT2D eigenvalue weighted by molar-refractivity contribution is 7.20. The highest BCUT2D eigenvalue weighted by Gasteiger charge is 2.27. The van der Waals surface area contributed by atoms with Gasteiger partial charge in [0.2, 0.25) is 11.8 Å². The molecule has 0 aromatic carbocycles. The Bertz CT molecular complexity index is 580. The molecule has 0 bridgehead atoms. The van der Waals surface area contributed by atoms with E-state index < -0.39 is 0 Å². The molecule has 0 radical (unpaired) electrons. The summed E-state index contributed by atoms with van der Waals surface area (Å²) in [5, 5.41) is 2.81. The van der Waals surface area contributed by atoms with Crippen molar-refractivity contribution in [2.45, 2.75) is 32.1 Å². The fraction of sp³-hybridized carbons (Fsp3) is 0.625. The summed E-state index contributed by atoms with van der Waals surface area (Å²) in [5.74, 6) is -0.0270. The van der Waals surface area contributed by atoms with Gasteiger partial charge in [0, 0.05) is 32.6 Å². The van der Waals surface area contributed by atoms with Crippen LogP contribution in [0.3, 0.4) is 0 Å². The minimum Gasteiger partial charge on any atom is -0.355 e. The molecular formula is C16H23Cl2N3O2S. The van der Waals surface area contributed by atoms with Gasteiger partial charge in [0.15, 0.2) is 0 Å². The number of carbonyl (C=O) groups excluding carboxylic acids is 2. The Morgan fingerprint density at radius 1 is 1.42 bits per heavy atom. The van der Waals surface area contributed by atoms with Crippen molar-refractivity contribution in [2.75, 3.05) is 26.2 Å². The Kier molecular flexibility index (Phi) is 7.81. The van der Waals surface area contributed by atoms with Crippen molar-refractivity contribution >= 4 is 46.4 Å². The van der Waals surface area contributed by atoms with E-state index in [2.05, 4.69) is 5.32 Å². The van der Waals surface area contributed by atoms with Crippen LogP contribution in [0.5, 0.6) is 0 Å². The minimum atomic E-state index is -0.126. The van der Waals surface area contributed by atoms with Gasteiger partial charge in [-0.3, -0.25) is 9.59 Å². The van der Waals surface area contributed by atoms with Crippen molar-refractivity contribution in [3.05, 3.63) is 20.3 Å². The van der Waals surface area contributed by atoms with Crippen molar-refractivity contribution in [1.29, 1.82) is 0 Å². The number of nitrogens with two attached hydrogens (primary N) is 1. The molecule has 1 unspecified atom stereocenters. The summed E-state index contributed by atoms with van der Waals surface area (Å²) in [6, 6.07) is 1.86. The molecule has 24 heavy (non-hydrogen) atoms. The minimum absolute atomic E-state index is 0.00218. The Labute approximate surface area is 156 Å². The van der Waals surface area contributed by atoms with E-state index in [9.17, 15) is 9.59 Å². The van der Waals surface area contributed by atoms with Crippen molar-refractivity contribution in [3.63, 3.8) is 0 Å². The lowest BCUT2D eigenvalue weighted by Gasteiger charge is -2.32. The zero-order valence-corrected chi connectivity index (χ0v) is 15.9. The van der Waals surface area contributed by atoms with Crippen LogP contribution in [0.4, 0.5) is 0 Å². The number of nitrogens with one attached hydrogen (secondary N) is 1. The Morgan fingerprint density at radius 3 is 2.88 bits per heavy atom. The SMILES string of the molecule is NCCNC(=O)C1CCCN(C(=O)CCCc2cc(Cl)sc2Cl)C1. The normalized spacial score (nSPS) is 17.8. The van der Waals surface area contributed by atoms with E-state index in [4.69, 9.17) is 28.9 Å². The molecule has 2 heterocycles. The molecular weight excluding hydrogens is 369 g/mol. The third-order valence-electron chi connectivity index (χ3n) is 4.15. The molecule has 1 saturated heterocycles. The van der Waals surface area contributed by atoms with Crippen molar-refractivity contribution < 1.29 is 9.59 Å². The maximum absolute atomic E-state index is 12.4. The molecule has 1 aliphatic rings. The number of amides is 2. The van der Waals surface area contributed by atoms with Crippen LogP contribution < -0.4 is 11.1 Å². The molecule has 1 aliphatic heterocycles. The first-order valence-corrected chi connectivity index (χ1v) is 9.77. The molecule has 8 heteroatoms. The molecule has 1 aromatic heterocycles. The van der Waals surface area contributed by atoms with E-state index in [0.717, 1.165) is 37.8 Å². The van der Waals surface area contributed by atoms with Gasteiger partial charge in [0.25, 0.3) is 0 Å². The highest BCUT2D eigenvalue weighted by Crippen LogP contribution is 2.32. The molecule has 1 fully saturated rings. The second kappa shape index (κ2) is 9.61. The molecule has 0 spiro atoms. The number of rotatable bonds is 7. The van der Waals surface area contributed by atoms with Gasteiger partial charge in [0.1, 0.15) is 0 Å². The maximum atomic E-state index is 12.4. The number of aryl methyl sites for hydroxylation is 1. The van der Waals surface area contributed by atoms with Gasteiger partial charge in [-0.15, -0.1) is 11.3 Å². The molecule has 0 saturated carbocycles. The summed E-state index contributed by atoms with van der Waals surface area (Å²) >= 11 is 13.4. The van der Waals surface area contributed by atoms with Gasteiger partial charge >= 0.3 is 0 Å². The first-order chi connectivity index (χ1) is 11.5. The summed E-state index contributed by atoms with van der Waals surface area (Å²) in [6.07, 6.45) is 3.61. The van der Waals surface area contributed by atoms with E-state index in [1.807, 2.05) is 6.07 Å². The topological polar surface area (TPSA) is 75.4 Å². The number of piperidine rings is 1. The smallest absolute Gasteiger partial charge is 0.224 e. The number of thiophene rings is 1. The van der Waals surface area contributed by atoms with Crippen molar-refractivity contribution in [3.8, 4) is 0 Å². The van der Waals surface area contributed by atoms with Gasteiger partial charge in [-0.05, 0) is 37.3 Å². The van der Waals surface area contributed by atoms with Crippen LogP contribution in [0.15, 0.2) is 6.07 Å². The van der Waals surface area contributed by atoms with E-state index >= 15 is 0 Å². The molecule has 3 N–H and O–H groups in total. The van der Waals surface area contributed by atoms with Crippen LogP contribution in [0.25, 0.3) is 0 Å². The average molecular weight is 392 g/mol. The van der Waals surface area contributed by atoms with Crippen molar-refractivity contribution in [2.24, 2.45) is 11.7 Å². The van der Waals surface area contributed by atoms with Crippen LogP contribution in [-0.4, -0.2) is 42.9 Å². The van der Waals surface area contributed by atoms with Crippen LogP contribution in [0.2, 0.25) is 8.67 Å². The second-order valence-electron chi connectivity index (χ2n) is 5.96. The van der Waals surface area contributed by atoms with E-state index in [1.54, 1.807) is 4.90 Å². The highest BCUT2D eigenvalue weighted by atomic mass is 35.5. The molecule has 2 rings (SSSR count). The average Bonchev–Trinajstić information content (AvgIpc) is 2.90. The summed E-state index contributed by atoms with van der Waals surface area (Å²) < 4.78 is 1.37. The predicted molar refractivity (Wildman–Crippen MR) is 98.6 cm³/mol. The summed E-state index contributed by atoms with van der Waals surface area (Å²) in [4.78, 5) is 26.2. The number of hydrogen-bond acceptors (Lipinski definition) is 4. The molecule has 2 amide bonds. The van der Waals surface area contributed by atoms with Crippen LogP contribution in [0.1, 0.15) is 31.2 Å². The first kappa shape index (κ1) is 19.5. The Balaban J connectivity index is 1.77. The zero-order valence-electron chi connectivity index (χ0n) is 13.5. The van der Waals surface area contributed by atoms with Crippen LogP contribution in [0, 0.1) is 5.92 Å². The molecule has 1 atom stereocenters. The number of likely N-dealkylation sites (tertiary alicyclic amines) is 1. The molecule has 5 nitrogen and oxygen atoms in total. The third-order valence-corrected chi connectivity index (χ3v) is 5.72. The van der Waals surface area contributed by atoms with E-state index in [1.165, 1.54) is 11.3 Å². The summed E-state index contributed by atoms with van der Waals surface area (Å²) in [6.45, 7) is 2.13. The monoisotopic (exact) mass is 391 g/mol. The van der Waals surface area contributed by atoms with Gasteiger partial charge in [0.05, 0.1) is 14.6 Å². The van der Waals surface area contributed by atoms with Gasteiger partial charge in [-0.25, -0.2) is 0 Å². The Hall–Kier alpha value is -0.820. The molecule has 134 valence electrons. The summed E-state index contributed by atoms with van der Waals surface area (Å²) in [5.41, 5.74) is 6.40. The lowest BCUT2D eigenvalue weighted by Crippen LogP contribution is -2.46. The van der Waals surface area contributed by atoms with Gasteiger partial charge in [-0.2, -0.15) is 0 Å². The van der Waals surface area contributed by atoms with Gasteiger partial charge in [-0.1, -0.05) is 23.2 Å². The lowest BCUT2D eigenvalue weighted by atomic mass is 9.96. The number of carbonyl (C=O) groups is 2. The fourth-order valence-electron chi connectivity index (χ4n) is 2.89. The number of nitrogens with zero attached hydrogens (tertiary/aromatic N) is 1. The van der Waals surface area contributed by atoms with Crippen molar-refractivity contribution in [1.82, 2.24) is 10.2 Å². The third kappa shape index (κ3) is 5.62. The van der Waals surface area contributed by atoms with Crippen LogP contribution >= 0.6 is 34.5 Å². The number of hydrogen-bond donors (Lipinski definition) is 2. The molecule has 1 aromatic rings. The van der Waals surface area contributed by atoms with Gasteiger partial charge < -0.3 is 16.0 Å². The predicted octanol–water partition coefficient (Wildman–Crippen LogP) is 2.69. The largest absolute Gasteiger partial charge is 0.355 e. The zero-order chi connectivity index (χ0) is 17.5. The Morgan fingerprint density at radius 2 is 2.21 bits per heavy atom. The van der Waals surface area contributed by atoms with E-state index in [0.29, 0.717) is 34.7 Å². The quantitative estimate of drug-likeness (QED) is 0.749. The maximum Gasteiger partial charge on any atom is 0.224 e. The summed E-state index contributed by atoms with van der Waals surface area (Å²) in [7, 11) is 0. The first-order valence-electron chi connectivity index (χ1n) is 8.20. The van der Waals surface area contributed by atoms with Crippen LogP contribution in [-0.2, 0) is 16.0 Å².